The maximum absolute atomic E-state index is 12.1. The van der Waals surface area contributed by atoms with Crippen LogP contribution in [0.2, 0.25) is 0 Å². The smallest absolute Gasteiger partial charge is 0.170 e. The summed E-state index contributed by atoms with van der Waals surface area (Å²) < 4.78 is 6.07. The van der Waals surface area contributed by atoms with E-state index in [1.807, 2.05) is 38.1 Å². The van der Waals surface area contributed by atoms with Crippen molar-refractivity contribution in [2.75, 3.05) is 13.1 Å². The number of ether oxygens (including phenoxy) is 1. The van der Waals surface area contributed by atoms with E-state index in [0.717, 1.165) is 37.2 Å². The first-order chi connectivity index (χ1) is 8.79. The van der Waals surface area contributed by atoms with Crippen molar-refractivity contribution in [3.05, 3.63) is 29.8 Å². The number of Topliss-reactive ketones (excluding diaryl/α,β-unsaturated/α-hetero) is 1. The number of fused-ring (bicyclic) bond motifs is 1. The van der Waals surface area contributed by atoms with Crippen LogP contribution in [0.3, 0.4) is 0 Å². The van der Waals surface area contributed by atoms with Crippen LogP contribution in [0.4, 0.5) is 0 Å². The van der Waals surface area contributed by atoms with Crippen LogP contribution in [0.5, 0.6) is 5.75 Å². The summed E-state index contributed by atoms with van der Waals surface area (Å²) in [5.41, 5.74) is 0.503. The number of carbonyl (C=O) groups is 1. The van der Waals surface area contributed by atoms with Crippen molar-refractivity contribution < 1.29 is 9.53 Å². The van der Waals surface area contributed by atoms with Gasteiger partial charge in [-0.15, -0.1) is 0 Å². The van der Waals surface area contributed by atoms with E-state index in [2.05, 4.69) is 5.32 Å². The molecule has 0 unspecified atom stereocenters. The molecule has 0 amide bonds. The minimum Gasteiger partial charge on any atom is -0.486 e. The van der Waals surface area contributed by atoms with Crippen molar-refractivity contribution in [2.45, 2.75) is 38.7 Å². The lowest BCUT2D eigenvalue weighted by molar-refractivity contribution is 0.0187. The second-order valence-electron chi connectivity index (χ2n) is 4.63. The summed E-state index contributed by atoms with van der Waals surface area (Å²) in [4.78, 5) is 12.1. The van der Waals surface area contributed by atoms with Gasteiger partial charge in [0.2, 0.25) is 0 Å². The fraction of sp³-hybridized carbons (Fsp3) is 0.533. The molecule has 2 aliphatic heterocycles. The monoisotopic (exact) mass is 247 g/mol. The van der Waals surface area contributed by atoms with Gasteiger partial charge in [0, 0.05) is 12.8 Å². The van der Waals surface area contributed by atoms with E-state index in [1.165, 1.54) is 0 Å². The van der Waals surface area contributed by atoms with Crippen molar-refractivity contribution in [3.8, 4) is 5.75 Å². The number of hydrogen-bond donors (Lipinski definition) is 1. The van der Waals surface area contributed by atoms with Gasteiger partial charge in [-0.25, -0.2) is 0 Å². The molecule has 1 saturated heterocycles. The highest BCUT2D eigenvalue weighted by molar-refractivity contribution is 6.00. The Morgan fingerprint density at radius 2 is 1.83 bits per heavy atom. The zero-order chi connectivity index (χ0) is 13.0. The molecule has 2 heterocycles. The molecular formula is C15H21NO2. The summed E-state index contributed by atoms with van der Waals surface area (Å²) in [6.45, 7) is 5.88. The molecule has 18 heavy (non-hydrogen) atoms. The average Bonchev–Trinajstić information content (AvgIpc) is 2.42. The lowest BCUT2D eigenvalue weighted by Crippen LogP contribution is -2.49. The molecule has 3 rings (SSSR count). The van der Waals surface area contributed by atoms with Gasteiger partial charge < -0.3 is 10.1 Å². The van der Waals surface area contributed by atoms with Crippen LogP contribution in [0.1, 0.15) is 43.5 Å². The van der Waals surface area contributed by atoms with Gasteiger partial charge in [0.25, 0.3) is 0 Å². The molecule has 3 heteroatoms. The Bertz CT molecular complexity index is 422. The maximum Gasteiger partial charge on any atom is 0.170 e. The van der Waals surface area contributed by atoms with Crippen LogP contribution in [-0.4, -0.2) is 24.5 Å². The van der Waals surface area contributed by atoms with Crippen LogP contribution in [0.15, 0.2) is 24.3 Å². The van der Waals surface area contributed by atoms with Crippen LogP contribution in [0.25, 0.3) is 0 Å². The predicted octanol–water partition coefficient (Wildman–Crippen LogP) is 2.80. The van der Waals surface area contributed by atoms with Gasteiger partial charge in [0.05, 0.1) is 12.0 Å². The highest BCUT2D eigenvalue weighted by atomic mass is 16.5. The van der Waals surface area contributed by atoms with Crippen LogP contribution in [0, 0.1) is 0 Å². The zero-order valence-corrected chi connectivity index (χ0v) is 11.2. The number of benzene rings is 1. The van der Waals surface area contributed by atoms with Crippen molar-refractivity contribution in [3.63, 3.8) is 0 Å². The standard InChI is InChI=1S/C13H15NO2.C2H6/c15-11-9-13(5-7-14-8-6-13)16-12-4-2-1-3-10(11)12;1-2/h1-4,14H,5-9H2;1-2H3. The van der Waals surface area contributed by atoms with E-state index in [4.69, 9.17) is 4.74 Å². The molecule has 0 saturated carbocycles. The van der Waals surface area contributed by atoms with Gasteiger partial charge in [-0.1, -0.05) is 26.0 Å². The van der Waals surface area contributed by atoms with Gasteiger partial charge in [-0.05, 0) is 25.2 Å². The minimum atomic E-state index is -0.239. The van der Waals surface area contributed by atoms with E-state index in [-0.39, 0.29) is 11.4 Å². The fourth-order valence-corrected chi connectivity index (χ4v) is 2.60. The Balaban J connectivity index is 0.000000574. The molecule has 1 fully saturated rings. The summed E-state index contributed by atoms with van der Waals surface area (Å²) in [5, 5.41) is 3.30. The van der Waals surface area contributed by atoms with E-state index in [0.29, 0.717) is 6.42 Å². The van der Waals surface area contributed by atoms with Crippen LogP contribution >= 0.6 is 0 Å². The minimum absolute atomic E-state index is 0.226. The highest BCUT2D eigenvalue weighted by Gasteiger charge is 2.41. The normalized spacial score (nSPS) is 20.4. The van der Waals surface area contributed by atoms with E-state index >= 15 is 0 Å². The molecule has 1 aromatic rings. The first kappa shape index (κ1) is 13.1. The van der Waals surface area contributed by atoms with Crippen molar-refractivity contribution in [2.24, 2.45) is 0 Å². The Kier molecular flexibility index (Phi) is 4.02. The third-order valence-electron chi connectivity index (χ3n) is 3.51. The van der Waals surface area contributed by atoms with E-state index < -0.39 is 0 Å². The third-order valence-corrected chi connectivity index (χ3v) is 3.51. The van der Waals surface area contributed by atoms with Crippen molar-refractivity contribution in [1.29, 1.82) is 0 Å². The van der Waals surface area contributed by atoms with Crippen molar-refractivity contribution in [1.82, 2.24) is 5.32 Å². The predicted molar refractivity (Wildman–Crippen MR) is 72.2 cm³/mol. The number of rotatable bonds is 0. The molecule has 1 spiro atoms. The lowest BCUT2D eigenvalue weighted by atomic mass is 9.83. The fourth-order valence-electron chi connectivity index (χ4n) is 2.60. The Morgan fingerprint density at radius 3 is 2.56 bits per heavy atom. The van der Waals surface area contributed by atoms with Gasteiger partial charge in [0.1, 0.15) is 11.4 Å². The average molecular weight is 247 g/mol. The summed E-state index contributed by atoms with van der Waals surface area (Å²) in [5.74, 6) is 0.990. The van der Waals surface area contributed by atoms with Gasteiger partial charge >= 0.3 is 0 Å². The Labute approximate surface area is 109 Å². The highest BCUT2D eigenvalue weighted by Crippen LogP contribution is 2.37. The van der Waals surface area contributed by atoms with E-state index in [9.17, 15) is 4.79 Å². The molecule has 98 valence electrons. The number of piperidine rings is 1. The molecule has 1 aromatic carbocycles. The first-order valence-electron chi connectivity index (χ1n) is 6.81. The summed E-state index contributed by atoms with van der Waals surface area (Å²) >= 11 is 0. The molecule has 1 N–H and O–H groups in total. The largest absolute Gasteiger partial charge is 0.486 e. The lowest BCUT2D eigenvalue weighted by Gasteiger charge is -2.40. The van der Waals surface area contributed by atoms with Crippen LogP contribution < -0.4 is 10.1 Å². The molecular weight excluding hydrogens is 226 g/mol. The maximum atomic E-state index is 12.1. The molecule has 3 nitrogen and oxygen atoms in total. The topological polar surface area (TPSA) is 38.3 Å². The number of carbonyl (C=O) groups excluding carboxylic acids is 1. The summed E-state index contributed by atoms with van der Waals surface area (Å²) in [6.07, 6.45) is 2.38. The number of nitrogens with one attached hydrogen (secondary N) is 1. The summed E-state index contributed by atoms with van der Waals surface area (Å²) in [7, 11) is 0. The SMILES string of the molecule is CC.O=C1CC2(CCNCC2)Oc2ccccc21. The first-order valence-corrected chi connectivity index (χ1v) is 6.81. The number of hydrogen-bond acceptors (Lipinski definition) is 3. The van der Waals surface area contributed by atoms with Crippen LogP contribution in [-0.2, 0) is 0 Å². The second kappa shape index (κ2) is 5.53. The second-order valence-corrected chi connectivity index (χ2v) is 4.63. The van der Waals surface area contributed by atoms with Gasteiger partial charge in [-0.2, -0.15) is 0 Å². The summed E-state index contributed by atoms with van der Waals surface area (Å²) in [6, 6.07) is 7.56. The molecule has 2 aliphatic rings. The zero-order valence-electron chi connectivity index (χ0n) is 11.2. The molecule has 0 aromatic heterocycles. The Morgan fingerprint density at radius 1 is 1.17 bits per heavy atom. The molecule has 0 radical (unpaired) electrons. The van der Waals surface area contributed by atoms with Crippen molar-refractivity contribution >= 4 is 5.78 Å². The van der Waals surface area contributed by atoms with Gasteiger partial charge in [-0.3, -0.25) is 4.79 Å². The molecule has 0 aliphatic carbocycles. The third kappa shape index (κ3) is 2.41. The quantitative estimate of drug-likeness (QED) is 0.766. The molecule has 0 bridgehead atoms. The molecule has 0 atom stereocenters. The van der Waals surface area contributed by atoms with E-state index in [1.54, 1.807) is 0 Å². The number of ketones is 1. The Hall–Kier alpha value is -1.35. The number of para-hydroxylation sites is 1. The van der Waals surface area contributed by atoms with Gasteiger partial charge in [0.15, 0.2) is 5.78 Å².